The Bertz CT molecular complexity index is 1240. The van der Waals surface area contributed by atoms with E-state index >= 15 is 0 Å². The Hall–Kier alpha value is -4.07. The van der Waals surface area contributed by atoms with Crippen molar-refractivity contribution in [2.45, 2.75) is 63.6 Å². The second-order valence-corrected chi connectivity index (χ2v) is 9.76. The van der Waals surface area contributed by atoms with Crippen molar-refractivity contribution in [3.8, 4) is 0 Å². The number of halogens is 1. The van der Waals surface area contributed by atoms with Crippen LogP contribution >= 0.6 is 0 Å². The average Bonchev–Trinajstić information content (AvgIpc) is 2.93. The minimum absolute atomic E-state index is 0.0486. The molecule has 198 valence electrons. The van der Waals surface area contributed by atoms with Crippen LogP contribution in [0.2, 0.25) is 0 Å². The molecule has 1 atom stereocenters. The first-order valence-electron chi connectivity index (χ1n) is 13.0. The molecule has 1 aliphatic carbocycles. The Kier molecular flexibility index (Phi) is 9.19. The highest BCUT2D eigenvalue weighted by molar-refractivity contribution is 5.89. The number of carbonyl (C=O) groups is 2. The molecule has 0 heterocycles. The molecule has 0 spiro atoms. The van der Waals surface area contributed by atoms with Crippen LogP contribution in [0, 0.1) is 15.9 Å². The lowest BCUT2D eigenvalue weighted by Crippen LogP contribution is -2.53. The van der Waals surface area contributed by atoms with Crippen LogP contribution < -0.4 is 5.32 Å². The number of carbonyl (C=O) groups excluding carboxylic acids is 2. The van der Waals surface area contributed by atoms with E-state index in [-0.39, 0.29) is 42.6 Å². The van der Waals surface area contributed by atoms with Crippen molar-refractivity contribution in [3.05, 3.63) is 111 Å². The molecule has 1 fully saturated rings. The lowest BCUT2D eigenvalue weighted by atomic mass is 9.94. The van der Waals surface area contributed by atoms with Crippen LogP contribution in [0.25, 0.3) is 0 Å². The molecule has 1 unspecified atom stereocenters. The lowest BCUT2D eigenvalue weighted by molar-refractivity contribution is -0.385. The summed E-state index contributed by atoms with van der Waals surface area (Å²) in [4.78, 5) is 40.1. The summed E-state index contributed by atoms with van der Waals surface area (Å²) < 4.78 is 13.6. The summed E-state index contributed by atoms with van der Waals surface area (Å²) in [6.07, 6.45) is 5.07. The van der Waals surface area contributed by atoms with Gasteiger partial charge in [0.15, 0.2) is 0 Å². The number of nitro benzene ring substituents is 1. The van der Waals surface area contributed by atoms with Crippen molar-refractivity contribution in [2.75, 3.05) is 0 Å². The fraction of sp³-hybridized carbons (Fsp3) is 0.333. The van der Waals surface area contributed by atoms with Gasteiger partial charge < -0.3 is 10.2 Å². The van der Waals surface area contributed by atoms with Crippen LogP contribution in [0.3, 0.4) is 0 Å². The molecular weight excluding hydrogens is 485 g/mol. The molecular formula is C30H32FN3O4. The number of benzene rings is 3. The summed E-state index contributed by atoms with van der Waals surface area (Å²) in [6, 6.07) is 20.6. The number of rotatable bonds is 10. The van der Waals surface area contributed by atoms with Crippen molar-refractivity contribution in [1.29, 1.82) is 0 Å². The highest BCUT2D eigenvalue weighted by atomic mass is 19.1. The first kappa shape index (κ1) is 27.0. The van der Waals surface area contributed by atoms with Gasteiger partial charge in [-0.3, -0.25) is 19.7 Å². The highest BCUT2D eigenvalue weighted by Crippen LogP contribution is 2.23. The van der Waals surface area contributed by atoms with Crippen LogP contribution in [-0.2, 0) is 29.0 Å². The van der Waals surface area contributed by atoms with Crippen LogP contribution in [0.1, 0.15) is 48.8 Å². The van der Waals surface area contributed by atoms with Gasteiger partial charge in [0.25, 0.3) is 5.69 Å². The Morgan fingerprint density at radius 1 is 0.921 bits per heavy atom. The molecule has 2 amide bonds. The maximum atomic E-state index is 13.8. The topological polar surface area (TPSA) is 92.6 Å². The van der Waals surface area contributed by atoms with Crippen LogP contribution in [-0.4, -0.2) is 33.7 Å². The summed E-state index contributed by atoms with van der Waals surface area (Å²) in [5.74, 6) is -1.07. The van der Waals surface area contributed by atoms with Crippen molar-refractivity contribution < 1.29 is 18.9 Å². The van der Waals surface area contributed by atoms with Gasteiger partial charge in [-0.15, -0.1) is 0 Å². The third-order valence-corrected chi connectivity index (χ3v) is 7.02. The predicted molar refractivity (Wildman–Crippen MR) is 143 cm³/mol. The molecule has 0 saturated heterocycles. The van der Waals surface area contributed by atoms with E-state index in [9.17, 15) is 24.1 Å². The Labute approximate surface area is 221 Å². The SMILES string of the molecule is O=C(NC1CCCCC1)C(Cc1ccccc1)N(Cc1ccc(F)cc1)C(=O)Cc1ccccc1[N+](=O)[O-]. The standard InChI is InChI=1S/C30H32FN3O4/c31-25-17-15-23(16-18-25)21-33(29(35)20-24-11-7-8-14-27(24)34(37)38)28(19-22-9-3-1-4-10-22)30(36)32-26-12-5-2-6-13-26/h1,3-4,7-11,14-18,26,28H,2,5-6,12-13,19-21H2,(H,32,36). The minimum atomic E-state index is -0.848. The van der Waals surface area contributed by atoms with Gasteiger partial charge in [0.1, 0.15) is 11.9 Å². The summed E-state index contributed by atoms with van der Waals surface area (Å²) in [6.45, 7) is 0.0648. The van der Waals surface area contributed by atoms with E-state index in [2.05, 4.69) is 5.32 Å². The molecule has 8 heteroatoms. The van der Waals surface area contributed by atoms with E-state index < -0.39 is 22.7 Å². The Morgan fingerprint density at radius 3 is 2.26 bits per heavy atom. The molecule has 4 rings (SSSR count). The van der Waals surface area contributed by atoms with Crippen LogP contribution in [0.4, 0.5) is 10.1 Å². The van der Waals surface area contributed by atoms with Crippen LogP contribution in [0.5, 0.6) is 0 Å². The van der Waals surface area contributed by atoms with Gasteiger partial charge in [0, 0.05) is 30.6 Å². The molecule has 3 aromatic carbocycles. The molecule has 1 aliphatic rings. The van der Waals surface area contributed by atoms with Gasteiger partial charge in [-0.2, -0.15) is 0 Å². The third-order valence-electron chi connectivity index (χ3n) is 7.02. The average molecular weight is 518 g/mol. The fourth-order valence-electron chi connectivity index (χ4n) is 4.99. The van der Waals surface area contributed by atoms with E-state index in [1.54, 1.807) is 30.3 Å². The summed E-state index contributed by atoms with van der Waals surface area (Å²) in [5.41, 5.74) is 1.68. The number of nitro groups is 1. The molecule has 0 aliphatic heterocycles. The van der Waals surface area contributed by atoms with Crippen molar-refractivity contribution in [2.24, 2.45) is 0 Å². The van der Waals surface area contributed by atoms with Gasteiger partial charge in [-0.25, -0.2) is 4.39 Å². The molecule has 0 bridgehead atoms. The second-order valence-electron chi connectivity index (χ2n) is 9.76. The number of nitrogens with one attached hydrogen (secondary N) is 1. The van der Waals surface area contributed by atoms with Gasteiger partial charge in [-0.1, -0.05) is 79.9 Å². The largest absolute Gasteiger partial charge is 0.352 e. The predicted octanol–water partition coefficient (Wildman–Crippen LogP) is 5.37. The molecule has 0 radical (unpaired) electrons. The molecule has 3 aromatic rings. The number of amides is 2. The highest BCUT2D eigenvalue weighted by Gasteiger charge is 2.32. The molecule has 7 nitrogen and oxygen atoms in total. The van der Waals surface area contributed by atoms with E-state index in [4.69, 9.17) is 0 Å². The van der Waals surface area contributed by atoms with Gasteiger partial charge in [-0.05, 0) is 36.1 Å². The number of para-hydroxylation sites is 1. The summed E-state index contributed by atoms with van der Waals surface area (Å²) in [5, 5.41) is 14.7. The Balaban J connectivity index is 1.68. The molecule has 0 aromatic heterocycles. The van der Waals surface area contributed by atoms with E-state index in [0.717, 1.165) is 37.7 Å². The lowest BCUT2D eigenvalue weighted by Gasteiger charge is -2.33. The fourth-order valence-corrected chi connectivity index (χ4v) is 4.99. The normalized spacial score (nSPS) is 14.4. The van der Waals surface area contributed by atoms with Crippen molar-refractivity contribution in [3.63, 3.8) is 0 Å². The monoisotopic (exact) mass is 517 g/mol. The maximum absolute atomic E-state index is 13.8. The zero-order valence-electron chi connectivity index (χ0n) is 21.2. The van der Waals surface area contributed by atoms with Gasteiger partial charge in [0.2, 0.25) is 11.8 Å². The zero-order chi connectivity index (χ0) is 26.9. The Morgan fingerprint density at radius 2 is 1.58 bits per heavy atom. The van der Waals surface area contributed by atoms with E-state index in [1.165, 1.54) is 23.1 Å². The van der Waals surface area contributed by atoms with Crippen LogP contribution in [0.15, 0.2) is 78.9 Å². The first-order chi connectivity index (χ1) is 18.4. The zero-order valence-corrected chi connectivity index (χ0v) is 21.2. The maximum Gasteiger partial charge on any atom is 0.273 e. The van der Waals surface area contributed by atoms with E-state index in [0.29, 0.717) is 5.56 Å². The number of hydrogen-bond donors (Lipinski definition) is 1. The quantitative estimate of drug-likeness (QED) is 0.289. The minimum Gasteiger partial charge on any atom is -0.352 e. The molecule has 38 heavy (non-hydrogen) atoms. The second kappa shape index (κ2) is 12.9. The van der Waals surface area contributed by atoms with E-state index in [1.807, 2.05) is 30.3 Å². The number of nitrogens with zero attached hydrogens (tertiary/aromatic N) is 2. The molecule has 1 N–H and O–H groups in total. The smallest absolute Gasteiger partial charge is 0.273 e. The first-order valence-corrected chi connectivity index (χ1v) is 13.0. The molecule has 1 saturated carbocycles. The number of hydrogen-bond acceptors (Lipinski definition) is 4. The van der Waals surface area contributed by atoms with Gasteiger partial charge in [0.05, 0.1) is 11.3 Å². The van der Waals surface area contributed by atoms with Crippen molar-refractivity contribution in [1.82, 2.24) is 10.2 Å². The third kappa shape index (κ3) is 7.25. The van der Waals surface area contributed by atoms with Crippen molar-refractivity contribution >= 4 is 17.5 Å². The summed E-state index contributed by atoms with van der Waals surface area (Å²) >= 11 is 0. The van der Waals surface area contributed by atoms with Gasteiger partial charge >= 0.3 is 0 Å². The summed E-state index contributed by atoms with van der Waals surface area (Å²) in [7, 11) is 0.